The van der Waals surface area contributed by atoms with Gasteiger partial charge in [0.1, 0.15) is 11.6 Å². The Kier molecular flexibility index (Phi) is 6.54. The van der Waals surface area contributed by atoms with Crippen molar-refractivity contribution in [2.75, 3.05) is 19.0 Å². The fourth-order valence-corrected chi connectivity index (χ4v) is 2.13. The summed E-state index contributed by atoms with van der Waals surface area (Å²) in [6.07, 6.45) is 2.20. The van der Waals surface area contributed by atoms with Crippen molar-refractivity contribution >= 4 is 35.2 Å². The number of methoxy groups -OCH3 is 1. The zero-order valence-electron chi connectivity index (χ0n) is 13.3. The van der Waals surface area contributed by atoms with E-state index in [1.54, 1.807) is 24.3 Å². The third-order valence-electron chi connectivity index (χ3n) is 3.08. The van der Waals surface area contributed by atoms with E-state index in [1.165, 1.54) is 31.4 Å². The van der Waals surface area contributed by atoms with Gasteiger partial charge in [0, 0.05) is 23.4 Å². The van der Waals surface area contributed by atoms with Gasteiger partial charge >= 0.3 is 5.97 Å². The lowest BCUT2D eigenvalue weighted by Gasteiger charge is -2.07. The molecule has 0 spiro atoms. The van der Waals surface area contributed by atoms with Crippen molar-refractivity contribution in [1.29, 1.82) is 0 Å². The Bertz CT molecular complexity index is 787. The van der Waals surface area contributed by atoms with Gasteiger partial charge in [-0.05, 0) is 30.3 Å². The van der Waals surface area contributed by atoms with Crippen LogP contribution >= 0.6 is 11.6 Å². The average Bonchev–Trinajstić information content (AvgIpc) is 2.59. The van der Waals surface area contributed by atoms with Crippen LogP contribution in [0.3, 0.4) is 0 Å². The van der Waals surface area contributed by atoms with Gasteiger partial charge in [0.2, 0.25) is 0 Å². The van der Waals surface area contributed by atoms with Crippen molar-refractivity contribution in [2.45, 2.75) is 0 Å². The van der Waals surface area contributed by atoms with Gasteiger partial charge in [-0.15, -0.1) is 0 Å². The highest BCUT2D eigenvalue weighted by molar-refractivity contribution is 6.32. The number of halogens is 2. The van der Waals surface area contributed by atoms with Crippen LogP contribution in [0, 0.1) is 5.82 Å². The Morgan fingerprint density at radius 1 is 1.24 bits per heavy atom. The minimum Gasteiger partial charge on any atom is -0.497 e. The first-order chi connectivity index (χ1) is 12.0. The van der Waals surface area contributed by atoms with Crippen LogP contribution in [0.25, 0.3) is 6.08 Å². The quantitative estimate of drug-likeness (QED) is 0.628. The van der Waals surface area contributed by atoms with Crippen LogP contribution in [-0.2, 0) is 14.3 Å². The molecule has 2 aromatic rings. The van der Waals surface area contributed by atoms with Gasteiger partial charge in [-0.3, -0.25) is 4.79 Å². The largest absolute Gasteiger partial charge is 0.497 e. The minimum atomic E-state index is -0.792. The number of ether oxygens (including phenoxy) is 2. The number of benzene rings is 2. The third-order valence-corrected chi connectivity index (χ3v) is 3.41. The van der Waals surface area contributed by atoms with Gasteiger partial charge < -0.3 is 14.8 Å². The number of rotatable bonds is 6. The topological polar surface area (TPSA) is 64.6 Å². The molecule has 2 rings (SSSR count). The number of amides is 1. The van der Waals surface area contributed by atoms with E-state index in [0.29, 0.717) is 11.4 Å². The van der Waals surface area contributed by atoms with E-state index in [-0.39, 0.29) is 10.6 Å². The Hall–Kier alpha value is -2.86. The number of carbonyl (C=O) groups excluding carboxylic acids is 2. The molecule has 25 heavy (non-hydrogen) atoms. The maximum absolute atomic E-state index is 13.6. The van der Waals surface area contributed by atoms with Crippen molar-refractivity contribution in [3.05, 3.63) is 64.9 Å². The van der Waals surface area contributed by atoms with Crippen LogP contribution < -0.4 is 10.1 Å². The molecule has 0 radical (unpaired) electrons. The number of nitrogens with one attached hydrogen (secondary N) is 1. The molecule has 0 atom stereocenters. The summed E-state index contributed by atoms with van der Waals surface area (Å²) in [4.78, 5) is 23.4. The summed E-state index contributed by atoms with van der Waals surface area (Å²) in [6, 6.07) is 10.9. The zero-order chi connectivity index (χ0) is 18.2. The summed E-state index contributed by atoms with van der Waals surface area (Å²) >= 11 is 5.84. The highest BCUT2D eigenvalue weighted by Gasteiger charge is 2.08. The Morgan fingerprint density at radius 3 is 2.72 bits per heavy atom. The first-order valence-corrected chi connectivity index (χ1v) is 7.60. The SMILES string of the molecule is COc1cccc(NC(=O)COC(=O)/C=C/c2c(F)cccc2Cl)c1. The van der Waals surface area contributed by atoms with Crippen LogP contribution in [0.1, 0.15) is 5.56 Å². The van der Waals surface area contributed by atoms with Crippen molar-refractivity contribution < 1.29 is 23.5 Å². The molecule has 5 nitrogen and oxygen atoms in total. The van der Waals surface area contributed by atoms with E-state index >= 15 is 0 Å². The molecule has 1 amide bonds. The molecule has 0 aliphatic heterocycles. The summed E-state index contributed by atoms with van der Waals surface area (Å²) in [6.45, 7) is -0.481. The second-order valence-electron chi connectivity index (χ2n) is 4.86. The van der Waals surface area contributed by atoms with E-state index in [0.717, 1.165) is 6.08 Å². The predicted molar refractivity (Wildman–Crippen MR) is 93.0 cm³/mol. The Morgan fingerprint density at radius 2 is 2.00 bits per heavy atom. The van der Waals surface area contributed by atoms with Crippen molar-refractivity contribution in [2.24, 2.45) is 0 Å². The predicted octanol–water partition coefficient (Wildman–Crippen LogP) is 3.68. The van der Waals surface area contributed by atoms with Gasteiger partial charge in [0.25, 0.3) is 5.91 Å². The van der Waals surface area contributed by atoms with E-state index < -0.39 is 24.3 Å². The fraction of sp³-hybridized carbons (Fsp3) is 0.111. The number of hydrogen-bond acceptors (Lipinski definition) is 4. The van der Waals surface area contributed by atoms with Crippen LogP contribution in [0.15, 0.2) is 48.5 Å². The normalized spacial score (nSPS) is 10.5. The molecule has 0 heterocycles. The highest BCUT2D eigenvalue weighted by Crippen LogP contribution is 2.20. The summed E-state index contributed by atoms with van der Waals surface area (Å²) < 4.78 is 23.4. The molecular weight excluding hydrogens is 349 g/mol. The lowest BCUT2D eigenvalue weighted by molar-refractivity contribution is -0.142. The standard InChI is InChI=1S/C18H15ClFNO4/c1-24-13-5-2-4-12(10-13)21-17(22)11-25-18(23)9-8-14-15(19)6-3-7-16(14)20/h2-10H,11H2,1H3,(H,21,22)/b9-8+. The molecule has 0 unspecified atom stereocenters. The number of carbonyl (C=O) groups is 2. The Balaban J connectivity index is 1.87. The van der Waals surface area contributed by atoms with E-state index in [9.17, 15) is 14.0 Å². The molecule has 0 saturated heterocycles. The van der Waals surface area contributed by atoms with Gasteiger partial charge in [0.05, 0.1) is 12.1 Å². The third kappa shape index (κ3) is 5.61. The van der Waals surface area contributed by atoms with Crippen molar-refractivity contribution in [1.82, 2.24) is 0 Å². The number of anilines is 1. The molecule has 0 saturated carbocycles. The van der Waals surface area contributed by atoms with Gasteiger partial charge in [-0.1, -0.05) is 23.7 Å². The first kappa shape index (κ1) is 18.5. The molecule has 130 valence electrons. The molecule has 0 aromatic heterocycles. The maximum atomic E-state index is 13.6. The number of hydrogen-bond donors (Lipinski definition) is 1. The molecule has 0 aliphatic carbocycles. The van der Waals surface area contributed by atoms with Crippen LogP contribution in [0.2, 0.25) is 5.02 Å². The zero-order valence-corrected chi connectivity index (χ0v) is 14.0. The smallest absolute Gasteiger partial charge is 0.331 e. The van der Waals surface area contributed by atoms with Crippen LogP contribution in [-0.4, -0.2) is 25.6 Å². The van der Waals surface area contributed by atoms with Crippen LogP contribution in [0.5, 0.6) is 5.75 Å². The molecule has 1 N–H and O–H groups in total. The first-order valence-electron chi connectivity index (χ1n) is 7.22. The second-order valence-corrected chi connectivity index (χ2v) is 5.26. The highest BCUT2D eigenvalue weighted by atomic mass is 35.5. The molecule has 0 bridgehead atoms. The number of esters is 1. The maximum Gasteiger partial charge on any atom is 0.331 e. The second kappa shape index (κ2) is 8.84. The lowest BCUT2D eigenvalue weighted by Crippen LogP contribution is -2.20. The van der Waals surface area contributed by atoms with Gasteiger partial charge in [0.15, 0.2) is 6.61 Å². The van der Waals surface area contributed by atoms with E-state index in [1.807, 2.05) is 0 Å². The van der Waals surface area contributed by atoms with Crippen molar-refractivity contribution in [3.8, 4) is 5.75 Å². The van der Waals surface area contributed by atoms with Gasteiger partial charge in [-0.2, -0.15) is 0 Å². The van der Waals surface area contributed by atoms with Gasteiger partial charge in [-0.25, -0.2) is 9.18 Å². The molecule has 0 aliphatic rings. The molecule has 0 fully saturated rings. The molecular formula is C18H15ClFNO4. The average molecular weight is 364 g/mol. The minimum absolute atomic E-state index is 0.0712. The van der Waals surface area contributed by atoms with E-state index in [4.69, 9.17) is 21.1 Å². The lowest BCUT2D eigenvalue weighted by atomic mass is 10.2. The summed E-state index contributed by atoms with van der Waals surface area (Å²) in [5.41, 5.74) is 0.580. The van der Waals surface area contributed by atoms with E-state index in [2.05, 4.69) is 5.32 Å². The monoisotopic (exact) mass is 363 g/mol. The Labute approximate surface area is 149 Å². The molecule has 7 heteroatoms. The molecule has 2 aromatic carbocycles. The van der Waals surface area contributed by atoms with Crippen molar-refractivity contribution in [3.63, 3.8) is 0 Å². The van der Waals surface area contributed by atoms with Crippen LogP contribution in [0.4, 0.5) is 10.1 Å². The summed E-state index contributed by atoms with van der Waals surface area (Å²) in [5, 5.41) is 2.73. The fourth-order valence-electron chi connectivity index (χ4n) is 1.90. The summed E-state index contributed by atoms with van der Waals surface area (Å²) in [7, 11) is 1.51. The summed E-state index contributed by atoms with van der Waals surface area (Å²) in [5.74, 6) is -1.29.